The molecule has 2 heterocycles. The third-order valence-corrected chi connectivity index (χ3v) is 7.00. The van der Waals surface area contributed by atoms with Crippen LogP contribution in [0.1, 0.15) is 42.1 Å². The third-order valence-electron chi connectivity index (χ3n) is 6.74. The van der Waals surface area contributed by atoms with Gasteiger partial charge in [-0.25, -0.2) is 4.98 Å². The van der Waals surface area contributed by atoms with Crippen LogP contribution in [0.15, 0.2) is 66.7 Å². The Labute approximate surface area is 211 Å². The molecule has 4 aromatic rings. The predicted octanol–water partition coefficient (Wildman–Crippen LogP) is 6.69. The van der Waals surface area contributed by atoms with Gasteiger partial charge in [0.15, 0.2) is 0 Å². The zero-order valence-electron chi connectivity index (χ0n) is 20.2. The number of unbranched alkanes of at least 4 members (excludes halogenated alkanes) is 1. The van der Waals surface area contributed by atoms with Crippen LogP contribution in [0.25, 0.3) is 11.0 Å². The van der Waals surface area contributed by atoms with Crippen LogP contribution in [0.4, 0.5) is 5.69 Å². The quantitative estimate of drug-likeness (QED) is 0.260. The first-order valence-corrected chi connectivity index (χ1v) is 12.6. The second kappa shape index (κ2) is 10.1. The summed E-state index contributed by atoms with van der Waals surface area (Å²) in [7, 11) is 0. The minimum atomic E-state index is 0.0523. The zero-order valence-corrected chi connectivity index (χ0v) is 21.0. The summed E-state index contributed by atoms with van der Waals surface area (Å²) >= 11 is 6.04. The van der Waals surface area contributed by atoms with E-state index in [0.717, 1.165) is 47.7 Å². The second-order valence-corrected chi connectivity index (χ2v) is 9.71. The molecule has 1 unspecified atom stereocenters. The van der Waals surface area contributed by atoms with Crippen LogP contribution >= 0.6 is 11.6 Å². The standard InChI is InChI=1S/C29H30ClN3O2/c1-20-8-7-9-21(2)28(20)35-17-6-5-16-32-26-11-4-3-10-25(26)31-29(32)22-18-27(34)33(19-22)24-14-12-23(30)13-15-24/h3-4,7-15,22H,5-6,16-19H2,1-2H3. The molecule has 1 fully saturated rings. The minimum absolute atomic E-state index is 0.0523. The Bertz CT molecular complexity index is 1330. The first-order chi connectivity index (χ1) is 17.0. The van der Waals surface area contributed by atoms with Crippen LogP contribution in [0, 0.1) is 13.8 Å². The fourth-order valence-electron chi connectivity index (χ4n) is 4.96. The van der Waals surface area contributed by atoms with Crippen LogP contribution in [-0.2, 0) is 11.3 Å². The number of fused-ring (bicyclic) bond motifs is 1. The van der Waals surface area contributed by atoms with E-state index in [1.54, 1.807) is 0 Å². The fourth-order valence-corrected chi connectivity index (χ4v) is 5.09. The number of rotatable bonds is 8. The number of nitrogens with zero attached hydrogens (tertiary/aromatic N) is 3. The highest BCUT2D eigenvalue weighted by Crippen LogP contribution is 2.34. The molecule has 6 heteroatoms. The summed E-state index contributed by atoms with van der Waals surface area (Å²) in [6.45, 7) is 6.32. The lowest BCUT2D eigenvalue weighted by Gasteiger charge is -2.17. The van der Waals surface area contributed by atoms with E-state index in [4.69, 9.17) is 21.3 Å². The normalized spacial score (nSPS) is 15.8. The molecule has 1 amide bonds. The SMILES string of the molecule is Cc1cccc(C)c1OCCCCn1c(C2CC(=O)N(c3ccc(Cl)cc3)C2)nc2ccccc21. The predicted molar refractivity (Wildman–Crippen MR) is 142 cm³/mol. The van der Waals surface area contributed by atoms with E-state index >= 15 is 0 Å². The van der Waals surface area contributed by atoms with Gasteiger partial charge in [0, 0.05) is 36.1 Å². The second-order valence-electron chi connectivity index (χ2n) is 9.27. The Morgan fingerprint density at radius 2 is 1.71 bits per heavy atom. The van der Waals surface area contributed by atoms with Gasteiger partial charge in [-0.05, 0) is 74.2 Å². The third kappa shape index (κ3) is 4.92. The number of imidazole rings is 1. The van der Waals surface area contributed by atoms with E-state index in [-0.39, 0.29) is 11.8 Å². The Morgan fingerprint density at radius 3 is 2.49 bits per heavy atom. The van der Waals surface area contributed by atoms with Crippen molar-refractivity contribution in [3.8, 4) is 5.75 Å². The highest BCUT2D eigenvalue weighted by atomic mass is 35.5. The van der Waals surface area contributed by atoms with Crippen molar-refractivity contribution in [2.45, 2.75) is 45.6 Å². The van der Waals surface area contributed by atoms with Gasteiger partial charge in [0.1, 0.15) is 11.6 Å². The maximum absolute atomic E-state index is 12.9. The first kappa shape index (κ1) is 23.4. The number of benzene rings is 3. The van der Waals surface area contributed by atoms with Gasteiger partial charge >= 0.3 is 0 Å². The van der Waals surface area contributed by atoms with Crippen molar-refractivity contribution in [3.63, 3.8) is 0 Å². The molecule has 35 heavy (non-hydrogen) atoms. The first-order valence-electron chi connectivity index (χ1n) is 12.2. The van der Waals surface area contributed by atoms with E-state index in [9.17, 15) is 4.79 Å². The van der Waals surface area contributed by atoms with Gasteiger partial charge in [0.05, 0.1) is 17.6 Å². The van der Waals surface area contributed by atoms with Gasteiger partial charge in [-0.1, -0.05) is 41.9 Å². The lowest BCUT2D eigenvalue weighted by molar-refractivity contribution is -0.117. The average Bonchev–Trinajstić information content (AvgIpc) is 3.41. The van der Waals surface area contributed by atoms with Crippen LogP contribution in [0.2, 0.25) is 5.02 Å². The van der Waals surface area contributed by atoms with Crippen molar-refractivity contribution in [2.24, 2.45) is 0 Å². The molecular formula is C29H30ClN3O2. The number of para-hydroxylation sites is 3. The molecule has 1 aromatic heterocycles. The summed E-state index contributed by atoms with van der Waals surface area (Å²) in [6.07, 6.45) is 2.38. The van der Waals surface area contributed by atoms with Crippen LogP contribution in [0.3, 0.4) is 0 Å². The molecular weight excluding hydrogens is 458 g/mol. The molecule has 1 aliphatic rings. The van der Waals surface area contributed by atoms with E-state index < -0.39 is 0 Å². The summed E-state index contributed by atoms with van der Waals surface area (Å²) in [5.74, 6) is 2.16. The number of carbonyl (C=O) groups is 1. The van der Waals surface area contributed by atoms with E-state index in [2.05, 4.69) is 42.7 Å². The van der Waals surface area contributed by atoms with Gasteiger partial charge in [-0.15, -0.1) is 0 Å². The molecule has 5 rings (SSSR count). The number of hydrogen-bond acceptors (Lipinski definition) is 3. The number of amides is 1. The van der Waals surface area contributed by atoms with Gasteiger partial charge < -0.3 is 14.2 Å². The molecule has 3 aromatic carbocycles. The van der Waals surface area contributed by atoms with E-state index in [1.165, 1.54) is 11.1 Å². The molecule has 1 atom stereocenters. The molecule has 180 valence electrons. The number of hydrogen-bond donors (Lipinski definition) is 0. The summed E-state index contributed by atoms with van der Waals surface area (Å²) in [5.41, 5.74) is 5.32. The zero-order chi connectivity index (χ0) is 24.4. The Hall–Kier alpha value is -3.31. The number of aromatic nitrogens is 2. The minimum Gasteiger partial charge on any atom is -0.493 e. The van der Waals surface area contributed by atoms with E-state index in [1.807, 2.05) is 47.4 Å². The molecule has 0 spiro atoms. The number of anilines is 1. The van der Waals surface area contributed by atoms with Crippen LogP contribution < -0.4 is 9.64 Å². The van der Waals surface area contributed by atoms with Crippen molar-refractivity contribution in [1.29, 1.82) is 0 Å². The molecule has 5 nitrogen and oxygen atoms in total. The number of carbonyl (C=O) groups excluding carboxylic acids is 1. The van der Waals surface area contributed by atoms with Crippen molar-refractivity contribution in [3.05, 3.63) is 88.7 Å². The molecule has 0 bridgehead atoms. The Morgan fingerprint density at radius 1 is 0.971 bits per heavy atom. The number of halogens is 1. The molecule has 1 saturated heterocycles. The number of ether oxygens (including phenoxy) is 1. The maximum Gasteiger partial charge on any atom is 0.227 e. The molecule has 1 aliphatic heterocycles. The topological polar surface area (TPSA) is 47.4 Å². The largest absolute Gasteiger partial charge is 0.493 e. The summed E-state index contributed by atoms with van der Waals surface area (Å²) < 4.78 is 8.41. The lowest BCUT2D eigenvalue weighted by atomic mass is 10.1. The summed E-state index contributed by atoms with van der Waals surface area (Å²) in [4.78, 5) is 19.7. The van der Waals surface area contributed by atoms with Crippen molar-refractivity contribution >= 4 is 34.2 Å². The monoisotopic (exact) mass is 487 g/mol. The Kier molecular flexibility index (Phi) is 6.78. The smallest absolute Gasteiger partial charge is 0.227 e. The van der Waals surface area contributed by atoms with Crippen molar-refractivity contribution < 1.29 is 9.53 Å². The molecule has 0 aliphatic carbocycles. The molecule has 0 radical (unpaired) electrons. The fraction of sp³-hybridized carbons (Fsp3) is 0.310. The molecule has 0 N–H and O–H groups in total. The summed E-state index contributed by atoms with van der Waals surface area (Å²) in [5, 5.41) is 0.667. The lowest BCUT2D eigenvalue weighted by Crippen LogP contribution is -2.24. The Balaban J connectivity index is 1.30. The van der Waals surface area contributed by atoms with Gasteiger partial charge in [0.2, 0.25) is 5.91 Å². The summed E-state index contributed by atoms with van der Waals surface area (Å²) in [6, 6.07) is 21.9. The van der Waals surface area contributed by atoms with Gasteiger partial charge in [-0.3, -0.25) is 4.79 Å². The van der Waals surface area contributed by atoms with Crippen LogP contribution in [-0.4, -0.2) is 28.6 Å². The highest BCUT2D eigenvalue weighted by molar-refractivity contribution is 6.30. The highest BCUT2D eigenvalue weighted by Gasteiger charge is 2.34. The van der Waals surface area contributed by atoms with Crippen LogP contribution in [0.5, 0.6) is 5.75 Å². The molecule has 0 saturated carbocycles. The van der Waals surface area contributed by atoms with Gasteiger partial charge in [-0.2, -0.15) is 0 Å². The maximum atomic E-state index is 12.9. The average molecular weight is 488 g/mol. The van der Waals surface area contributed by atoms with Crippen molar-refractivity contribution in [2.75, 3.05) is 18.1 Å². The number of aryl methyl sites for hydroxylation is 3. The van der Waals surface area contributed by atoms with Crippen molar-refractivity contribution in [1.82, 2.24) is 9.55 Å². The van der Waals surface area contributed by atoms with Gasteiger partial charge in [0.25, 0.3) is 0 Å². The van der Waals surface area contributed by atoms with E-state index in [0.29, 0.717) is 24.6 Å².